The molecule has 156 valence electrons. The Balaban J connectivity index is 1.24. The van der Waals surface area contributed by atoms with E-state index in [2.05, 4.69) is 20.5 Å². The van der Waals surface area contributed by atoms with Gasteiger partial charge in [0, 0.05) is 36.0 Å². The van der Waals surface area contributed by atoms with E-state index < -0.39 is 11.6 Å². The molecule has 0 unspecified atom stereocenters. The minimum atomic E-state index is -0.572. The van der Waals surface area contributed by atoms with Crippen molar-refractivity contribution < 1.29 is 18.0 Å². The van der Waals surface area contributed by atoms with Gasteiger partial charge in [-0.25, -0.2) is 8.78 Å². The quantitative estimate of drug-likeness (QED) is 0.661. The summed E-state index contributed by atoms with van der Waals surface area (Å²) in [4.78, 5) is 16.1. The van der Waals surface area contributed by atoms with Crippen molar-refractivity contribution in [3.63, 3.8) is 0 Å². The molecule has 8 heteroatoms. The Bertz CT molecular complexity index is 1000. The Morgan fingerprint density at radius 2 is 1.83 bits per heavy atom. The van der Waals surface area contributed by atoms with E-state index >= 15 is 0 Å². The summed E-state index contributed by atoms with van der Waals surface area (Å²) in [7, 11) is 0. The summed E-state index contributed by atoms with van der Waals surface area (Å²) in [5.74, 6) is 0.257. The van der Waals surface area contributed by atoms with Gasteiger partial charge >= 0.3 is 0 Å². The fraction of sp³-hybridized carbons (Fsp3) is 0.364. The third-order valence-corrected chi connectivity index (χ3v) is 5.51. The maximum atomic E-state index is 13.7. The first-order valence-corrected chi connectivity index (χ1v) is 10.0. The van der Waals surface area contributed by atoms with Crippen molar-refractivity contribution in [2.75, 3.05) is 6.54 Å². The van der Waals surface area contributed by atoms with E-state index in [4.69, 9.17) is 4.42 Å². The van der Waals surface area contributed by atoms with Crippen LogP contribution in [0.4, 0.5) is 8.78 Å². The molecule has 3 aromatic rings. The summed E-state index contributed by atoms with van der Waals surface area (Å²) in [5, 5.41) is 11.2. The normalized spacial score (nSPS) is 18.9. The van der Waals surface area contributed by atoms with Crippen molar-refractivity contribution in [3.8, 4) is 11.5 Å². The van der Waals surface area contributed by atoms with E-state index in [1.54, 1.807) is 12.4 Å². The number of nitrogens with zero attached hydrogens (tertiary/aromatic N) is 3. The molecule has 0 bridgehead atoms. The second kappa shape index (κ2) is 9.11. The lowest BCUT2D eigenvalue weighted by molar-refractivity contribution is -0.120. The summed E-state index contributed by atoms with van der Waals surface area (Å²) >= 11 is 0. The van der Waals surface area contributed by atoms with Crippen molar-refractivity contribution in [1.82, 2.24) is 20.5 Å². The van der Waals surface area contributed by atoms with Crippen LogP contribution in [0.25, 0.3) is 11.5 Å². The first kappa shape index (κ1) is 20.1. The standard InChI is InChI=1S/C22H22F2N4O2/c23-18-5-6-19(24)17(11-18)12-20(29)26-13-14-1-3-15(4-2-14)21-27-28-22(30-21)16-7-9-25-10-8-16/h5-11,14-15H,1-4,12-13H2,(H,26,29). The van der Waals surface area contributed by atoms with Crippen molar-refractivity contribution in [1.29, 1.82) is 0 Å². The Morgan fingerprint density at radius 1 is 1.07 bits per heavy atom. The van der Waals surface area contributed by atoms with Gasteiger partial charge in [0.2, 0.25) is 17.7 Å². The van der Waals surface area contributed by atoms with E-state index in [1.165, 1.54) is 0 Å². The lowest BCUT2D eigenvalue weighted by atomic mass is 9.82. The van der Waals surface area contributed by atoms with Crippen LogP contribution in [0.1, 0.15) is 43.1 Å². The molecule has 0 aliphatic heterocycles. The van der Waals surface area contributed by atoms with Crippen LogP contribution >= 0.6 is 0 Å². The molecule has 1 saturated carbocycles. The molecule has 0 radical (unpaired) electrons. The van der Waals surface area contributed by atoms with Gasteiger partial charge in [0.25, 0.3) is 0 Å². The van der Waals surface area contributed by atoms with Gasteiger partial charge in [-0.15, -0.1) is 10.2 Å². The maximum Gasteiger partial charge on any atom is 0.247 e. The van der Waals surface area contributed by atoms with Gasteiger partial charge in [-0.1, -0.05) is 0 Å². The number of aromatic nitrogens is 3. The summed E-state index contributed by atoms with van der Waals surface area (Å²) in [6, 6.07) is 6.79. The summed E-state index contributed by atoms with van der Waals surface area (Å²) in [6.45, 7) is 0.522. The van der Waals surface area contributed by atoms with Gasteiger partial charge in [0.1, 0.15) is 11.6 Å². The van der Waals surface area contributed by atoms with E-state index in [1.807, 2.05) is 12.1 Å². The molecular formula is C22H22F2N4O2. The molecular weight excluding hydrogens is 390 g/mol. The van der Waals surface area contributed by atoms with Crippen LogP contribution in [0.2, 0.25) is 0 Å². The molecule has 1 aliphatic carbocycles. The Morgan fingerprint density at radius 3 is 2.60 bits per heavy atom. The number of carbonyl (C=O) groups is 1. The van der Waals surface area contributed by atoms with Crippen molar-refractivity contribution in [2.45, 2.75) is 38.0 Å². The number of rotatable bonds is 6. The predicted molar refractivity (Wildman–Crippen MR) is 105 cm³/mol. The minimum Gasteiger partial charge on any atom is -0.420 e. The molecule has 4 rings (SSSR count). The molecule has 6 nitrogen and oxygen atoms in total. The van der Waals surface area contributed by atoms with Gasteiger partial charge in [-0.3, -0.25) is 9.78 Å². The van der Waals surface area contributed by atoms with Gasteiger partial charge in [-0.05, 0) is 61.9 Å². The number of hydrogen-bond acceptors (Lipinski definition) is 5. The summed E-state index contributed by atoms with van der Waals surface area (Å²) < 4.78 is 32.7. The Labute approximate surface area is 172 Å². The molecule has 2 aromatic heterocycles. The van der Waals surface area contributed by atoms with Crippen LogP contribution in [-0.4, -0.2) is 27.6 Å². The van der Waals surface area contributed by atoms with E-state index in [-0.39, 0.29) is 23.8 Å². The molecule has 0 spiro atoms. The molecule has 2 heterocycles. The summed E-state index contributed by atoms with van der Waals surface area (Å²) in [5.41, 5.74) is 0.910. The molecule has 1 aromatic carbocycles. The highest BCUT2D eigenvalue weighted by Crippen LogP contribution is 2.35. The maximum absolute atomic E-state index is 13.7. The molecule has 1 N–H and O–H groups in total. The number of amides is 1. The molecule has 0 atom stereocenters. The van der Waals surface area contributed by atoms with Crippen LogP contribution in [0, 0.1) is 17.6 Å². The highest BCUT2D eigenvalue weighted by molar-refractivity contribution is 5.78. The molecule has 0 saturated heterocycles. The fourth-order valence-electron chi connectivity index (χ4n) is 3.80. The first-order valence-electron chi connectivity index (χ1n) is 10.0. The largest absolute Gasteiger partial charge is 0.420 e. The van der Waals surface area contributed by atoms with Crippen molar-refractivity contribution >= 4 is 5.91 Å². The Hall–Kier alpha value is -3.16. The average Bonchev–Trinajstić information content (AvgIpc) is 3.26. The van der Waals surface area contributed by atoms with E-state index in [0.717, 1.165) is 49.4 Å². The predicted octanol–water partition coefficient (Wildman–Crippen LogP) is 4.04. The van der Waals surface area contributed by atoms with Crippen LogP contribution in [0.5, 0.6) is 0 Å². The molecule has 1 amide bonds. The fourth-order valence-corrected chi connectivity index (χ4v) is 3.80. The van der Waals surface area contributed by atoms with Gasteiger partial charge in [0.15, 0.2) is 0 Å². The van der Waals surface area contributed by atoms with Crippen molar-refractivity contribution in [2.24, 2.45) is 5.92 Å². The number of hydrogen-bond donors (Lipinski definition) is 1. The first-order chi connectivity index (χ1) is 14.6. The smallest absolute Gasteiger partial charge is 0.247 e. The van der Waals surface area contributed by atoms with Crippen LogP contribution < -0.4 is 5.32 Å². The highest BCUT2D eigenvalue weighted by Gasteiger charge is 2.26. The van der Waals surface area contributed by atoms with E-state index in [9.17, 15) is 13.6 Å². The zero-order valence-electron chi connectivity index (χ0n) is 16.4. The van der Waals surface area contributed by atoms with Crippen LogP contribution in [0.3, 0.4) is 0 Å². The van der Waals surface area contributed by atoms with Crippen molar-refractivity contribution in [3.05, 3.63) is 65.8 Å². The summed E-state index contributed by atoms with van der Waals surface area (Å²) in [6.07, 6.45) is 6.84. The number of halogens is 2. The molecule has 30 heavy (non-hydrogen) atoms. The van der Waals surface area contributed by atoms with Crippen LogP contribution in [-0.2, 0) is 11.2 Å². The van der Waals surface area contributed by atoms with Crippen LogP contribution in [0.15, 0.2) is 47.1 Å². The second-order valence-corrected chi connectivity index (χ2v) is 7.62. The minimum absolute atomic E-state index is 0.0672. The lowest BCUT2D eigenvalue weighted by Crippen LogP contribution is -2.32. The lowest BCUT2D eigenvalue weighted by Gasteiger charge is -2.26. The van der Waals surface area contributed by atoms with Gasteiger partial charge in [-0.2, -0.15) is 0 Å². The topological polar surface area (TPSA) is 80.9 Å². The SMILES string of the molecule is O=C(Cc1cc(F)ccc1F)NCC1CCC(c2nnc(-c3ccncc3)o2)CC1. The molecule has 1 fully saturated rings. The highest BCUT2D eigenvalue weighted by atomic mass is 19.1. The third kappa shape index (κ3) is 4.87. The number of pyridine rings is 1. The van der Waals surface area contributed by atoms with Gasteiger partial charge in [0.05, 0.1) is 6.42 Å². The number of benzene rings is 1. The number of carbonyl (C=O) groups excluding carboxylic acids is 1. The second-order valence-electron chi connectivity index (χ2n) is 7.62. The molecule has 1 aliphatic rings. The average molecular weight is 412 g/mol. The zero-order valence-corrected chi connectivity index (χ0v) is 16.4. The Kier molecular flexibility index (Phi) is 6.11. The zero-order chi connectivity index (χ0) is 20.9. The number of nitrogens with one attached hydrogen (secondary N) is 1. The monoisotopic (exact) mass is 412 g/mol. The van der Waals surface area contributed by atoms with E-state index in [0.29, 0.717) is 24.2 Å². The van der Waals surface area contributed by atoms with Gasteiger partial charge < -0.3 is 9.73 Å². The third-order valence-electron chi connectivity index (χ3n) is 5.51.